The molecular formula is C16H16FN5O3. The molecular weight excluding hydrogens is 329 g/mol. The van der Waals surface area contributed by atoms with E-state index in [2.05, 4.69) is 20.3 Å². The number of phenolic OH excluding ortho intramolecular Hbond substituents is 2. The predicted octanol–water partition coefficient (Wildman–Crippen LogP) is 2.30. The van der Waals surface area contributed by atoms with Crippen LogP contribution in [0.5, 0.6) is 11.5 Å². The Morgan fingerprint density at radius 1 is 1.24 bits per heavy atom. The maximum atomic E-state index is 13.9. The van der Waals surface area contributed by atoms with Crippen LogP contribution in [0.15, 0.2) is 24.5 Å². The van der Waals surface area contributed by atoms with E-state index in [1.807, 2.05) is 0 Å². The number of halogens is 1. The number of ether oxygens (including phenoxy) is 1. The number of fused-ring (bicyclic) bond motifs is 1. The van der Waals surface area contributed by atoms with Crippen molar-refractivity contribution >= 4 is 17.0 Å². The molecule has 0 radical (unpaired) electrons. The number of rotatable bonds is 4. The Labute approximate surface area is 141 Å². The molecule has 130 valence electrons. The SMILES string of the molecule is Oc1cc(O)cc(CNc2nc(F)nc3c2ncn3C2CCCO2)c1. The van der Waals surface area contributed by atoms with E-state index in [9.17, 15) is 14.6 Å². The highest BCUT2D eigenvalue weighted by molar-refractivity contribution is 5.82. The van der Waals surface area contributed by atoms with Crippen LogP contribution in [0.25, 0.3) is 11.2 Å². The molecule has 1 unspecified atom stereocenters. The highest BCUT2D eigenvalue weighted by atomic mass is 19.1. The van der Waals surface area contributed by atoms with Gasteiger partial charge in [-0.3, -0.25) is 4.57 Å². The van der Waals surface area contributed by atoms with Gasteiger partial charge in [-0.25, -0.2) is 4.98 Å². The number of nitrogens with zero attached hydrogens (tertiary/aromatic N) is 4. The minimum atomic E-state index is -0.867. The van der Waals surface area contributed by atoms with Crippen LogP contribution in [0.1, 0.15) is 24.6 Å². The number of hydrogen-bond donors (Lipinski definition) is 3. The van der Waals surface area contributed by atoms with Gasteiger partial charge in [-0.05, 0) is 30.5 Å². The summed E-state index contributed by atoms with van der Waals surface area (Å²) < 4.78 is 21.2. The molecule has 3 N–H and O–H groups in total. The Morgan fingerprint density at radius 3 is 2.76 bits per heavy atom. The normalized spacial score (nSPS) is 17.2. The molecule has 9 heteroatoms. The van der Waals surface area contributed by atoms with Gasteiger partial charge in [-0.1, -0.05) is 0 Å². The number of aromatic nitrogens is 4. The first kappa shape index (κ1) is 15.6. The molecule has 0 amide bonds. The van der Waals surface area contributed by atoms with Gasteiger partial charge in [0.2, 0.25) is 0 Å². The molecule has 0 aliphatic carbocycles. The Hall–Kier alpha value is -2.94. The van der Waals surface area contributed by atoms with Crippen molar-refractivity contribution in [3.63, 3.8) is 0 Å². The summed E-state index contributed by atoms with van der Waals surface area (Å²) >= 11 is 0. The molecule has 1 aromatic carbocycles. The van der Waals surface area contributed by atoms with Gasteiger partial charge in [0.05, 0.1) is 6.33 Å². The molecule has 1 aliphatic rings. The largest absolute Gasteiger partial charge is 0.508 e. The zero-order valence-electron chi connectivity index (χ0n) is 13.2. The van der Waals surface area contributed by atoms with E-state index in [-0.39, 0.29) is 30.1 Å². The molecule has 8 nitrogen and oxygen atoms in total. The third-order valence-corrected chi connectivity index (χ3v) is 4.03. The monoisotopic (exact) mass is 345 g/mol. The smallest absolute Gasteiger partial charge is 0.312 e. The van der Waals surface area contributed by atoms with Gasteiger partial charge in [0.15, 0.2) is 17.0 Å². The van der Waals surface area contributed by atoms with E-state index in [0.29, 0.717) is 23.3 Å². The standard InChI is InChI=1S/C16H16FN5O3/c17-16-20-14(18-7-9-4-10(23)6-11(24)5-9)13-15(21-16)22(8-19-13)12-2-1-3-25-12/h4-6,8,12,23-24H,1-3,7H2,(H,18,20,21). The van der Waals surface area contributed by atoms with Crippen LogP contribution in [-0.2, 0) is 11.3 Å². The summed E-state index contributed by atoms with van der Waals surface area (Å²) in [6, 6.07) is 4.22. The Balaban J connectivity index is 1.65. The molecule has 0 spiro atoms. The van der Waals surface area contributed by atoms with Gasteiger partial charge in [0.1, 0.15) is 17.7 Å². The molecule has 3 aromatic rings. The lowest BCUT2D eigenvalue weighted by molar-refractivity contribution is 0.0592. The van der Waals surface area contributed by atoms with E-state index < -0.39 is 6.08 Å². The molecule has 3 heterocycles. The van der Waals surface area contributed by atoms with Crippen molar-refractivity contribution in [1.29, 1.82) is 0 Å². The summed E-state index contributed by atoms with van der Waals surface area (Å²) in [5.41, 5.74) is 1.41. The maximum Gasteiger partial charge on any atom is 0.312 e. The number of benzene rings is 1. The lowest BCUT2D eigenvalue weighted by Crippen LogP contribution is -2.09. The van der Waals surface area contributed by atoms with Crippen molar-refractivity contribution in [2.24, 2.45) is 0 Å². The van der Waals surface area contributed by atoms with Crippen molar-refractivity contribution in [3.8, 4) is 11.5 Å². The predicted molar refractivity (Wildman–Crippen MR) is 86.6 cm³/mol. The van der Waals surface area contributed by atoms with Gasteiger partial charge >= 0.3 is 6.08 Å². The topological polar surface area (TPSA) is 105 Å². The summed E-state index contributed by atoms with van der Waals surface area (Å²) in [5.74, 6) is 0.124. The summed E-state index contributed by atoms with van der Waals surface area (Å²) in [6.07, 6.45) is 2.26. The Morgan fingerprint density at radius 2 is 2.04 bits per heavy atom. The van der Waals surface area contributed by atoms with Crippen LogP contribution >= 0.6 is 0 Å². The van der Waals surface area contributed by atoms with Crippen molar-refractivity contribution in [3.05, 3.63) is 36.2 Å². The van der Waals surface area contributed by atoms with E-state index in [4.69, 9.17) is 4.74 Å². The van der Waals surface area contributed by atoms with Crippen molar-refractivity contribution in [2.75, 3.05) is 11.9 Å². The van der Waals surface area contributed by atoms with Crippen LogP contribution in [0.3, 0.4) is 0 Å². The molecule has 25 heavy (non-hydrogen) atoms. The average Bonchev–Trinajstić information content (AvgIpc) is 3.20. The third-order valence-electron chi connectivity index (χ3n) is 4.03. The van der Waals surface area contributed by atoms with E-state index in [0.717, 1.165) is 12.8 Å². The molecule has 4 rings (SSSR count). The molecule has 1 atom stereocenters. The second-order valence-corrected chi connectivity index (χ2v) is 5.84. The first-order chi connectivity index (χ1) is 12.1. The van der Waals surface area contributed by atoms with Crippen LogP contribution in [0.2, 0.25) is 0 Å². The van der Waals surface area contributed by atoms with Crippen LogP contribution < -0.4 is 5.32 Å². The summed E-state index contributed by atoms with van der Waals surface area (Å²) in [5, 5.41) is 22.0. The highest BCUT2D eigenvalue weighted by Gasteiger charge is 2.22. The molecule has 0 saturated carbocycles. The summed E-state index contributed by atoms with van der Waals surface area (Å²) in [4.78, 5) is 11.9. The number of aromatic hydroxyl groups is 2. The first-order valence-electron chi connectivity index (χ1n) is 7.87. The Kier molecular flexibility index (Phi) is 3.85. The second-order valence-electron chi connectivity index (χ2n) is 5.84. The van der Waals surface area contributed by atoms with Crippen molar-refractivity contribution < 1.29 is 19.3 Å². The number of phenols is 2. The van der Waals surface area contributed by atoms with Gasteiger partial charge in [0.25, 0.3) is 0 Å². The van der Waals surface area contributed by atoms with E-state index in [1.165, 1.54) is 18.2 Å². The minimum absolute atomic E-state index is 0.0570. The molecule has 2 aromatic heterocycles. The van der Waals surface area contributed by atoms with Gasteiger partial charge in [0, 0.05) is 19.2 Å². The zero-order valence-corrected chi connectivity index (χ0v) is 13.2. The van der Waals surface area contributed by atoms with E-state index >= 15 is 0 Å². The molecule has 1 saturated heterocycles. The minimum Gasteiger partial charge on any atom is -0.508 e. The average molecular weight is 345 g/mol. The summed E-state index contributed by atoms with van der Waals surface area (Å²) in [6.45, 7) is 0.879. The number of hydrogen-bond acceptors (Lipinski definition) is 7. The van der Waals surface area contributed by atoms with E-state index in [1.54, 1.807) is 10.9 Å². The lowest BCUT2D eigenvalue weighted by atomic mass is 10.2. The fraction of sp³-hybridized carbons (Fsp3) is 0.312. The Bertz CT molecular complexity index is 903. The highest BCUT2D eigenvalue weighted by Crippen LogP contribution is 2.28. The number of nitrogens with one attached hydrogen (secondary N) is 1. The molecule has 0 bridgehead atoms. The second kappa shape index (κ2) is 6.17. The van der Waals surface area contributed by atoms with Gasteiger partial charge in [-0.15, -0.1) is 0 Å². The first-order valence-corrected chi connectivity index (χ1v) is 7.87. The number of imidazole rings is 1. The van der Waals surface area contributed by atoms with Crippen molar-refractivity contribution in [2.45, 2.75) is 25.6 Å². The zero-order chi connectivity index (χ0) is 17.4. The summed E-state index contributed by atoms with van der Waals surface area (Å²) in [7, 11) is 0. The fourth-order valence-corrected chi connectivity index (χ4v) is 2.95. The third kappa shape index (κ3) is 3.05. The van der Waals surface area contributed by atoms with Crippen LogP contribution in [0.4, 0.5) is 10.2 Å². The quantitative estimate of drug-likeness (QED) is 0.623. The fourth-order valence-electron chi connectivity index (χ4n) is 2.95. The van der Waals surface area contributed by atoms with Gasteiger partial charge in [-0.2, -0.15) is 14.4 Å². The molecule has 1 fully saturated rings. The van der Waals surface area contributed by atoms with Gasteiger partial charge < -0.3 is 20.3 Å². The maximum absolute atomic E-state index is 13.9. The van der Waals surface area contributed by atoms with Crippen LogP contribution in [0, 0.1) is 6.08 Å². The van der Waals surface area contributed by atoms with Crippen LogP contribution in [-0.4, -0.2) is 36.3 Å². The lowest BCUT2D eigenvalue weighted by Gasteiger charge is -2.12. The number of anilines is 1. The molecule has 1 aliphatic heterocycles. The van der Waals surface area contributed by atoms with Crippen molar-refractivity contribution in [1.82, 2.24) is 19.5 Å².